The highest BCUT2D eigenvalue weighted by molar-refractivity contribution is 5.88. The molecule has 0 aliphatic carbocycles. The van der Waals surface area contributed by atoms with Gasteiger partial charge in [-0.1, -0.05) is 24.2 Å². The second-order valence-electron chi connectivity index (χ2n) is 6.58. The summed E-state index contributed by atoms with van der Waals surface area (Å²) in [6.45, 7) is 4.73. The van der Waals surface area contributed by atoms with Gasteiger partial charge in [0.2, 0.25) is 11.8 Å². The predicted octanol–water partition coefficient (Wildman–Crippen LogP) is 3.59. The zero-order chi connectivity index (χ0) is 17.4. The third kappa shape index (κ3) is 2.92. The van der Waals surface area contributed by atoms with Gasteiger partial charge in [0, 0.05) is 23.9 Å². The number of likely N-dealkylation sites (tertiary alicyclic amines) is 1. The summed E-state index contributed by atoms with van der Waals surface area (Å²) in [7, 11) is 0. The van der Waals surface area contributed by atoms with Crippen LogP contribution < -0.4 is 0 Å². The molecule has 1 atom stereocenters. The molecule has 0 radical (unpaired) electrons. The van der Waals surface area contributed by atoms with Crippen molar-refractivity contribution in [3.8, 4) is 0 Å². The summed E-state index contributed by atoms with van der Waals surface area (Å²) in [6, 6.07) is 5.96. The van der Waals surface area contributed by atoms with Gasteiger partial charge in [-0.3, -0.25) is 4.79 Å². The number of carbonyl (C=O) groups is 1. The summed E-state index contributed by atoms with van der Waals surface area (Å²) in [4.78, 5) is 19.2. The molecule has 1 aliphatic heterocycles. The monoisotopic (exact) mass is 339 g/mol. The largest absolute Gasteiger partial charge is 0.464 e. The Hall–Kier alpha value is -2.63. The molecule has 3 aromatic rings. The third-order valence-corrected chi connectivity index (χ3v) is 4.81. The first-order chi connectivity index (χ1) is 12.2. The van der Waals surface area contributed by atoms with E-state index in [4.69, 9.17) is 8.94 Å². The van der Waals surface area contributed by atoms with E-state index in [9.17, 15) is 4.79 Å². The summed E-state index contributed by atoms with van der Waals surface area (Å²) in [5, 5.41) is 5.06. The second-order valence-corrected chi connectivity index (χ2v) is 6.58. The molecule has 4 rings (SSSR count). The molecule has 0 bridgehead atoms. The molecule has 6 heteroatoms. The van der Waals surface area contributed by atoms with Crippen LogP contribution in [-0.4, -0.2) is 27.5 Å². The van der Waals surface area contributed by atoms with Crippen molar-refractivity contribution in [2.24, 2.45) is 0 Å². The number of hydrogen-bond acceptors (Lipinski definition) is 5. The first-order valence-electron chi connectivity index (χ1n) is 8.74. The number of nitrogens with zero attached hydrogens (tertiary/aromatic N) is 3. The zero-order valence-corrected chi connectivity index (χ0v) is 14.5. The van der Waals surface area contributed by atoms with E-state index >= 15 is 0 Å². The number of aromatic nitrogens is 2. The Morgan fingerprint density at radius 2 is 2.28 bits per heavy atom. The van der Waals surface area contributed by atoms with Gasteiger partial charge < -0.3 is 13.8 Å². The van der Waals surface area contributed by atoms with Gasteiger partial charge in [-0.2, -0.15) is 4.98 Å². The Balaban J connectivity index is 1.55. The minimum Gasteiger partial charge on any atom is -0.464 e. The van der Waals surface area contributed by atoms with Crippen LogP contribution in [0.25, 0.3) is 11.0 Å². The second kappa shape index (κ2) is 6.35. The minimum absolute atomic E-state index is 0.0774. The number of furan rings is 1. The summed E-state index contributed by atoms with van der Waals surface area (Å²) in [5.74, 6) is 1.31. The molecule has 1 amide bonds. The highest BCUT2D eigenvalue weighted by Crippen LogP contribution is 2.31. The normalized spacial score (nSPS) is 17.5. The van der Waals surface area contributed by atoms with Gasteiger partial charge in [0.1, 0.15) is 5.58 Å². The molecule has 0 unspecified atom stereocenters. The molecule has 2 aromatic heterocycles. The fourth-order valence-corrected chi connectivity index (χ4v) is 3.47. The Labute approximate surface area is 145 Å². The van der Waals surface area contributed by atoms with E-state index in [1.165, 1.54) is 0 Å². The molecular formula is C19H21N3O3. The van der Waals surface area contributed by atoms with Gasteiger partial charge in [0.05, 0.1) is 18.7 Å². The van der Waals surface area contributed by atoms with Crippen LogP contribution in [0.1, 0.15) is 48.6 Å². The third-order valence-electron chi connectivity index (χ3n) is 4.81. The van der Waals surface area contributed by atoms with Crippen molar-refractivity contribution in [3.63, 3.8) is 0 Å². The van der Waals surface area contributed by atoms with Gasteiger partial charge in [-0.15, -0.1) is 0 Å². The smallest absolute Gasteiger partial charge is 0.227 e. The Bertz CT molecular complexity index is 912. The highest BCUT2D eigenvalue weighted by atomic mass is 16.5. The standard InChI is InChI=1S/C19H21N3O3/c1-3-17-20-19(21-25-17)15-5-4-8-22(15)18(23)10-13-11-24-16-9-12(2)6-7-14(13)16/h6-7,9,11,15H,3-5,8,10H2,1-2H3/t15-/m0/s1. The highest BCUT2D eigenvalue weighted by Gasteiger charge is 2.33. The van der Waals surface area contributed by atoms with Crippen LogP contribution in [0.15, 0.2) is 33.4 Å². The lowest BCUT2D eigenvalue weighted by atomic mass is 10.1. The van der Waals surface area contributed by atoms with Crippen molar-refractivity contribution in [2.45, 2.75) is 45.6 Å². The van der Waals surface area contributed by atoms with Crippen LogP contribution in [0.2, 0.25) is 0 Å². The lowest BCUT2D eigenvalue weighted by molar-refractivity contribution is -0.131. The topological polar surface area (TPSA) is 72.4 Å². The van der Waals surface area contributed by atoms with Gasteiger partial charge >= 0.3 is 0 Å². The molecule has 1 saturated heterocycles. The predicted molar refractivity (Wildman–Crippen MR) is 92.0 cm³/mol. The molecule has 0 saturated carbocycles. The number of benzene rings is 1. The average Bonchev–Trinajstić information content (AvgIpc) is 3.33. The molecule has 1 aliphatic rings. The van der Waals surface area contributed by atoms with Crippen molar-refractivity contribution >= 4 is 16.9 Å². The lowest BCUT2D eigenvalue weighted by Gasteiger charge is -2.22. The molecule has 25 heavy (non-hydrogen) atoms. The van der Waals surface area contributed by atoms with Crippen LogP contribution in [0, 0.1) is 6.92 Å². The quantitative estimate of drug-likeness (QED) is 0.726. The number of hydrogen-bond donors (Lipinski definition) is 0. The van der Waals surface area contributed by atoms with E-state index in [0.29, 0.717) is 24.6 Å². The number of aryl methyl sites for hydroxylation is 2. The maximum Gasteiger partial charge on any atom is 0.227 e. The molecule has 1 aromatic carbocycles. The van der Waals surface area contributed by atoms with Crippen molar-refractivity contribution in [3.05, 3.63) is 47.3 Å². The summed E-state index contributed by atoms with van der Waals surface area (Å²) in [5.41, 5.74) is 2.89. The van der Waals surface area contributed by atoms with Gasteiger partial charge in [-0.05, 0) is 31.4 Å². The maximum absolute atomic E-state index is 12.9. The summed E-state index contributed by atoms with van der Waals surface area (Å²) >= 11 is 0. The molecular weight excluding hydrogens is 318 g/mol. The van der Waals surface area contributed by atoms with Crippen molar-refractivity contribution in [1.82, 2.24) is 15.0 Å². The van der Waals surface area contributed by atoms with Crippen molar-refractivity contribution in [2.75, 3.05) is 6.54 Å². The van der Waals surface area contributed by atoms with Crippen molar-refractivity contribution < 1.29 is 13.7 Å². The van der Waals surface area contributed by atoms with E-state index < -0.39 is 0 Å². The average molecular weight is 339 g/mol. The van der Waals surface area contributed by atoms with E-state index in [2.05, 4.69) is 10.1 Å². The van der Waals surface area contributed by atoms with E-state index in [0.717, 1.165) is 41.5 Å². The van der Waals surface area contributed by atoms with Gasteiger partial charge in [-0.25, -0.2) is 0 Å². The van der Waals surface area contributed by atoms with E-state index in [1.54, 1.807) is 6.26 Å². The van der Waals surface area contributed by atoms with Crippen LogP contribution >= 0.6 is 0 Å². The Morgan fingerprint density at radius 3 is 3.08 bits per heavy atom. The molecule has 0 N–H and O–H groups in total. The number of amides is 1. The fraction of sp³-hybridized carbons (Fsp3) is 0.421. The molecule has 0 spiro atoms. The Morgan fingerprint density at radius 1 is 1.40 bits per heavy atom. The van der Waals surface area contributed by atoms with Crippen molar-refractivity contribution in [1.29, 1.82) is 0 Å². The first-order valence-corrected chi connectivity index (χ1v) is 8.74. The zero-order valence-electron chi connectivity index (χ0n) is 14.5. The number of fused-ring (bicyclic) bond motifs is 1. The summed E-state index contributed by atoms with van der Waals surface area (Å²) < 4.78 is 10.8. The molecule has 1 fully saturated rings. The van der Waals surface area contributed by atoms with Crippen LogP contribution in [0.4, 0.5) is 0 Å². The SMILES string of the molecule is CCc1nc([C@@H]2CCCN2C(=O)Cc2coc3cc(C)ccc23)no1. The summed E-state index contributed by atoms with van der Waals surface area (Å²) in [6.07, 6.45) is 4.55. The number of carbonyl (C=O) groups excluding carboxylic acids is 1. The van der Waals surface area contributed by atoms with Crippen LogP contribution in [0.5, 0.6) is 0 Å². The van der Waals surface area contributed by atoms with E-state index in [-0.39, 0.29) is 11.9 Å². The first kappa shape index (κ1) is 15.9. The van der Waals surface area contributed by atoms with Crippen LogP contribution in [0.3, 0.4) is 0 Å². The lowest BCUT2D eigenvalue weighted by Crippen LogP contribution is -2.32. The minimum atomic E-state index is -0.0861. The van der Waals surface area contributed by atoms with Gasteiger partial charge in [0.15, 0.2) is 5.82 Å². The molecule has 3 heterocycles. The maximum atomic E-state index is 12.9. The van der Waals surface area contributed by atoms with Crippen LogP contribution in [-0.2, 0) is 17.6 Å². The Kier molecular flexibility index (Phi) is 4.03. The number of rotatable bonds is 4. The fourth-order valence-electron chi connectivity index (χ4n) is 3.47. The van der Waals surface area contributed by atoms with Gasteiger partial charge in [0.25, 0.3) is 0 Å². The molecule has 6 nitrogen and oxygen atoms in total. The van der Waals surface area contributed by atoms with E-state index in [1.807, 2.05) is 36.9 Å². The molecule has 130 valence electrons.